The van der Waals surface area contributed by atoms with Crippen molar-refractivity contribution in [3.05, 3.63) is 42.5 Å². The van der Waals surface area contributed by atoms with Crippen LogP contribution < -0.4 is 10.2 Å². The van der Waals surface area contributed by atoms with E-state index in [1.54, 1.807) is 18.2 Å². The maximum Gasteiger partial charge on any atom is 0.246 e. The van der Waals surface area contributed by atoms with E-state index in [9.17, 15) is 13.2 Å². The van der Waals surface area contributed by atoms with Crippen LogP contribution in [0.2, 0.25) is 0 Å². The second kappa shape index (κ2) is 9.25. The second-order valence-electron chi connectivity index (χ2n) is 7.75. The Morgan fingerprint density at radius 1 is 1.09 bits per heavy atom. The molecule has 1 saturated heterocycles. The van der Waals surface area contributed by atoms with E-state index >= 15 is 0 Å². The van der Waals surface area contributed by atoms with Crippen LogP contribution in [0, 0.1) is 0 Å². The van der Waals surface area contributed by atoms with Gasteiger partial charge in [-0.05, 0) is 43.2 Å². The van der Waals surface area contributed by atoms with E-state index in [0.29, 0.717) is 24.3 Å². The zero-order chi connectivity index (χ0) is 22.7. The first-order valence-electron chi connectivity index (χ1n) is 10.9. The molecule has 1 aliphatic rings. The smallest absolute Gasteiger partial charge is 0.246 e. The van der Waals surface area contributed by atoms with E-state index in [1.165, 1.54) is 8.99 Å². The summed E-state index contributed by atoms with van der Waals surface area (Å²) < 4.78 is 29.0. The monoisotopic (exact) mass is 456 g/mol. The summed E-state index contributed by atoms with van der Waals surface area (Å²) in [5.74, 6) is -0.293. The van der Waals surface area contributed by atoms with Gasteiger partial charge in [-0.2, -0.15) is 4.31 Å². The molecule has 0 radical (unpaired) electrons. The van der Waals surface area contributed by atoms with Crippen LogP contribution in [0.3, 0.4) is 0 Å². The van der Waals surface area contributed by atoms with Crippen LogP contribution >= 0.6 is 0 Å². The lowest BCUT2D eigenvalue weighted by atomic mass is 10.2. The van der Waals surface area contributed by atoms with Gasteiger partial charge in [0.25, 0.3) is 0 Å². The Hall–Kier alpha value is -2.98. The average Bonchev–Trinajstić information content (AvgIpc) is 3.45. The van der Waals surface area contributed by atoms with Crippen LogP contribution in [-0.4, -0.2) is 59.8 Å². The number of hydrogen-bond donors (Lipinski definition) is 1. The van der Waals surface area contributed by atoms with Crippen LogP contribution in [0.25, 0.3) is 11.0 Å². The van der Waals surface area contributed by atoms with E-state index in [-0.39, 0.29) is 17.3 Å². The van der Waals surface area contributed by atoms with Gasteiger partial charge in [0.1, 0.15) is 12.1 Å². The van der Waals surface area contributed by atoms with Gasteiger partial charge in [-0.25, -0.2) is 13.1 Å². The first-order valence-corrected chi connectivity index (χ1v) is 12.3. The van der Waals surface area contributed by atoms with Crippen molar-refractivity contribution in [2.24, 2.45) is 0 Å². The zero-order valence-electron chi connectivity index (χ0n) is 18.4. The molecular weight excluding hydrogens is 428 g/mol. The minimum atomic E-state index is -3.64. The molecule has 4 rings (SSSR count). The third kappa shape index (κ3) is 4.33. The molecule has 0 aliphatic carbocycles. The van der Waals surface area contributed by atoms with E-state index in [4.69, 9.17) is 0 Å². The maximum atomic E-state index is 13.0. The predicted molar refractivity (Wildman–Crippen MR) is 124 cm³/mol. The van der Waals surface area contributed by atoms with Gasteiger partial charge >= 0.3 is 0 Å². The molecule has 0 spiro atoms. The number of anilines is 2. The number of amides is 1. The number of nitrogens with zero attached hydrogens (tertiary/aromatic N) is 5. The van der Waals surface area contributed by atoms with Crippen LogP contribution in [0.4, 0.5) is 11.4 Å². The number of rotatable bonds is 8. The number of fused-ring (bicyclic) bond motifs is 1. The number of para-hydroxylation sites is 1. The molecule has 170 valence electrons. The highest BCUT2D eigenvalue weighted by Crippen LogP contribution is 2.32. The average molecular weight is 457 g/mol. The van der Waals surface area contributed by atoms with Gasteiger partial charge in [0.15, 0.2) is 0 Å². The zero-order valence-corrected chi connectivity index (χ0v) is 19.2. The first kappa shape index (κ1) is 22.2. The summed E-state index contributed by atoms with van der Waals surface area (Å²) in [5.41, 5.74) is 2.80. The summed E-state index contributed by atoms with van der Waals surface area (Å²) in [6, 6.07) is 12.4. The Morgan fingerprint density at radius 2 is 1.81 bits per heavy atom. The number of nitrogens with one attached hydrogen (secondary N) is 1. The Kier molecular flexibility index (Phi) is 6.43. The number of aromatic nitrogens is 3. The molecular formula is C22H28N6O3S. The maximum absolute atomic E-state index is 13.0. The molecule has 1 N–H and O–H groups in total. The standard InChI is InChI=1S/C22H28N6O3S/c1-3-27(4-2)32(30,31)17-11-12-20(26-13-7-8-14-26)19(15-17)23-22(29)16-28-21-10-6-5-9-18(21)24-25-28/h5-6,9-12,15H,3-4,7-8,13-14,16H2,1-2H3,(H,23,29). The molecule has 3 aromatic rings. The summed E-state index contributed by atoms with van der Waals surface area (Å²) in [5, 5.41) is 11.1. The molecule has 1 aromatic heterocycles. The molecule has 0 bridgehead atoms. The van der Waals surface area contributed by atoms with Crippen molar-refractivity contribution in [2.45, 2.75) is 38.1 Å². The third-order valence-corrected chi connectivity index (χ3v) is 7.79. The fourth-order valence-corrected chi connectivity index (χ4v) is 5.57. The molecule has 0 unspecified atom stereocenters. The van der Waals surface area contributed by atoms with Crippen molar-refractivity contribution >= 4 is 38.3 Å². The lowest BCUT2D eigenvalue weighted by Gasteiger charge is -2.24. The molecule has 2 heterocycles. The minimum absolute atomic E-state index is 0.0209. The van der Waals surface area contributed by atoms with Gasteiger partial charge < -0.3 is 10.2 Å². The number of hydrogen-bond acceptors (Lipinski definition) is 6. The highest BCUT2D eigenvalue weighted by molar-refractivity contribution is 7.89. The van der Waals surface area contributed by atoms with Gasteiger partial charge in [0.05, 0.1) is 21.8 Å². The fourth-order valence-electron chi connectivity index (χ4n) is 4.08. The lowest BCUT2D eigenvalue weighted by molar-refractivity contribution is -0.116. The molecule has 2 aromatic carbocycles. The Bertz CT molecular complexity index is 1210. The topological polar surface area (TPSA) is 100 Å². The molecule has 0 saturated carbocycles. The number of carbonyl (C=O) groups is 1. The van der Waals surface area contributed by atoms with E-state index in [0.717, 1.165) is 37.1 Å². The summed E-state index contributed by atoms with van der Waals surface area (Å²) in [6.45, 7) is 6.11. The fraction of sp³-hybridized carbons (Fsp3) is 0.409. The molecule has 10 heteroatoms. The predicted octanol–water partition coefficient (Wildman–Crippen LogP) is 2.70. The van der Waals surface area contributed by atoms with Crippen molar-refractivity contribution in [3.8, 4) is 0 Å². The molecule has 32 heavy (non-hydrogen) atoms. The Morgan fingerprint density at radius 3 is 2.53 bits per heavy atom. The van der Waals surface area contributed by atoms with Crippen molar-refractivity contribution in [1.82, 2.24) is 19.3 Å². The normalized spacial score (nSPS) is 14.4. The SMILES string of the molecule is CCN(CC)S(=O)(=O)c1ccc(N2CCCC2)c(NC(=O)Cn2nnc3ccccc32)c1. The van der Waals surface area contributed by atoms with Crippen LogP contribution in [0.5, 0.6) is 0 Å². The third-order valence-electron chi connectivity index (χ3n) is 5.75. The number of benzene rings is 2. The van der Waals surface area contributed by atoms with Crippen molar-refractivity contribution in [2.75, 3.05) is 36.4 Å². The van der Waals surface area contributed by atoms with Crippen molar-refractivity contribution < 1.29 is 13.2 Å². The molecule has 1 amide bonds. The van der Waals surface area contributed by atoms with E-state index in [1.807, 2.05) is 38.1 Å². The van der Waals surface area contributed by atoms with Crippen molar-refractivity contribution in [1.29, 1.82) is 0 Å². The first-order chi connectivity index (χ1) is 15.4. The van der Waals surface area contributed by atoms with Crippen LogP contribution in [-0.2, 0) is 21.4 Å². The van der Waals surface area contributed by atoms with Gasteiger partial charge in [-0.3, -0.25) is 4.79 Å². The van der Waals surface area contributed by atoms with Gasteiger partial charge in [0, 0.05) is 26.2 Å². The van der Waals surface area contributed by atoms with Gasteiger partial charge in [0.2, 0.25) is 15.9 Å². The summed E-state index contributed by atoms with van der Waals surface area (Å²) in [4.78, 5) is 15.3. The van der Waals surface area contributed by atoms with Crippen LogP contribution in [0.1, 0.15) is 26.7 Å². The summed E-state index contributed by atoms with van der Waals surface area (Å²) >= 11 is 0. The molecule has 0 atom stereocenters. The largest absolute Gasteiger partial charge is 0.370 e. The lowest BCUT2D eigenvalue weighted by Crippen LogP contribution is -2.31. The van der Waals surface area contributed by atoms with Crippen molar-refractivity contribution in [3.63, 3.8) is 0 Å². The minimum Gasteiger partial charge on any atom is -0.370 e. The quantitative estimate of drug-likeness (QED) is 0.559. The highest BCUT2D eigenvalue weighted by atomic mass is 32.2. The van der Waals surface area contributed by atoms with E-state index in [2.05, 4.69) is 20.5 Å². The van der Waals surface area contributed by atoms with E-state index < -0.39 is 10.0 Å². The van der Waals surface area contributed by atoms with Gasteiger partial charge in [-0.15, -0.1) is 5.10 Å². The van der Waals surface area contributed by atoms with Crippen LogP contribution in [0.15, 0.2) is 47.4 Å². The Balaban J connectivity index is 1.64. The number of carbonyl (C=O) groups excluding carboxylic acids is 1. The number of sulfonamides is 1. The molecule has 9 nitrogen and oxygen atoms in total. The van der Waals surface area contributed by atoms with Gasteiger partial charge in [-0.1, -0.05) is 31.2 Å². The highest BCUT2D eigenvalue weighted by Gasteiger charge is 2.25. The molecule has 1 fully saturated rings. The summed E-state index contributed by atoms with van der Waals surface area (Å²) in [6.07, 6.45) is 2.13. The summed E-state index contributed by atoms with van der Waals surface area (Å²) in [7, 11) is -3.64. The Labute approximate surface area is 188 Å². The molecule has 1 aliphatic heterocycles. The second-order valence-corrected chi connectivity index (χ2v) is 9.68.